The van der Waals surface area contributed by atoms with Crippen molar-refractivity contribution in [3.8, 4) is 5.75 Å². The first-order chi connectivity index (χ1) is 12.6. The van der Waals surface area contributed by atoms with E-state index < -0.39 is 5.97 Å². The van der Waals surface area contributed by atoms with E-state index in [1.165, 1.54) is 4.90 Å². The number of carbonyl (C=O) groups excluding carboxylic acids is 3. The number of hydrogen-bond donors (Lipinski definition) is 0. The zero-order valence-corrected chi connectivity index (χ0v) is 14.4. The number of carbonyl (C=O) groups is 3. The molecule has 3 rings (SSSR count). The molecule has 6 nitrogen and oxygen atoms in total. The summed E-state index contributed by atoms with van der Waals surface area (Å²) in [6.07, 6.45) is 0.545. The summed E-state index contributed by atoms with van der Waals surface area (Å²) in [5, 5.41) is 0. The lowest BCUT2D eigenvalue weighted by Gasteiger charge is -2.14. The average molecular weight is 353 g/mol. The molecule has 134 valence electrons. The molecular weight excluding hydrogens is 334 g/mol. The molecule has 26 heavy (non-hydrogen) atoms. The number of esters is 1. The molecule has 0 bridgehead atoms. The summed E-state index contributed by atoms with van der Waals surface area (Å²) in [6.45, 7) is 2.23. The van der Waals surface area contributed by atoms with Crippen molar-refractivity contribution in [2.45, 2.75) is 13.3 Å². The zero-order valence-electron chi connectivity index (χ0n) is 14.4. The highest BCUT2D eigenvalue weighted by molar-refractivity contribution is 6.21. The lowest BCUT2D eigenvalue weighted by Crippen LogP contribution is -2.31. The third kappa shape index (κ3) is 3.74. The normalized spacial score (nSPS) is 12.9. The van der Waals surface area contributed by atoms with Gasteiger partial charge in [0.15, 0.2) is 6.61 Å². The fourth-order valence-corrected chi connectivity index (χ4v) is 2.78. The van der Waals surface area contributed by atoms with Crippen molar-refractivity contribution in [3.05, 3.63) is 65.2 Å². The van der Waals surface area contributed by atoms with Gasteiger partial charge in [-0.25, -0.2) is 4.79 Å². The van der Waals surface area contributed by atoms with Crippen molar-refractivity contribution in [1.82, 2.24) is 4.90 Å². The van der Waals surface area contributed by atoms with Crippen molar-refractivity contribution in [2.24, 2.45) is 0 Å². The molecule has 0 N–H and O–H groups in total. The van der Waals surface area contributed by atoms with Gasteiger partial charge in [-0.3, -0.25) is 14.5 Å². The Bertz CT molecular complexity index is 793. The van der Waals surface area contributed by atoms with Crippen LogP contribution in [0.5, 0.6) is 5.75 Å². The van der Waals surface area contributed by atoms with Gasteiger partial charge in [-0.1, -0.05) is 24.3 Å². The van der Waals surface area contributed by atoms with Crippen molar-refractivity contribution >= 4 is 17.8 Å². The summed E-state index contributed by atoms with van der Waals surface area (Å²) >= 11 is 0. The number of imide groups is 1. The number of rotatable bonds is 7. The van der Waals surface area contributed by atoms with Crippen LogP contribution in [0.4, 0.5) is 0 Å². The Hall–Kier alpha value is -3.15. The quantitative estimate of drug-likeness (QED) is 0.565. The average Bonchev–Trinajstić information content (AvgIpc) is 2.90. The van der Waals surface area contributed by atoms with Gasteiger partial charge < -0.3 is 9.47 Å². The van der Waals surface area contributed by atoms with Gasteiger partial charge in [0, 0.05) is 6.54 Å². The Labute approximate surface area is 151 Å². The third-order valence-corrected chi connectivity index (χ3v) is 4.09. The lowest BCUT2D eigenvalue weighted by atomic mass is 10.1. The smallest absolute Gasteiger partial charge is 0.344 e. The second-order valence-corrected chi connectivity index (χ2v) is 5.80. The van der Waals surface area contributed by atoms with Crippen LogP contribution < -0.4 is 4.74 Å². The molecule has 0 fully saturated rings. The Kier molecular flexibility index (Phi) is 5.31. The van der Waals surface area contributed by atoms with E-state index in [1.54, 1.807) is 43.3 Å². The predicted molar refractivity (Wildman–Crippen MR) is 94.1 cm³/mol. The van der Waals surface area contributed by atoms with E-state index in [4.69, 9.17) is 9.47 Å². The minimum atomic E-state index is -0.415. The van der Waals surface area contributed by atoms with Crippen molar-refractivity contribution < 1.29 is 23.9 Å². The molecule has 0 saturated carbocycles. The standard InChI is InChI=1S/C20H19NO5/c1-2-25-18(22)13-26-15-9-7-14(8-10-15)11-12-21-19(23)16-5-3-4-6-17(16)20(21)24/h3-10H,2,11-13H2,1H3. The number of benzene rings is 2. The van der Waals surface area contributed by atoms with Crippen LogP contribution in [0.15, 0.2) is 48.5 Å². The summed E-state index contributed by atoms with van der Waals surface area (Å²) in [4.78, 5) is 37.2. The first kappa shape index (κ1) is 17.7. The van der Waals surface area contributed by atoms with Gasteiger partial charge in [0.2, 0.25) is 0 Å². The molecule has 6 heteroatoms. The number of amides is 2. The zero-order chi connectivity index (χ0) is 18.5. The highest BCUT2D eigenvalue weighted by Gasteiger charge is 2.34. The molecule has 0 aromatic heterocycles. The van der Waals surface area contributed by atoms with E-state index in [1.807, 2.05) is 12.1 Å². The van der Waals surface area contributed by atoms with Crippen LogP contribution in [0.1, 0.15) is 33.2 Å². The van der Waals surface area contributed by atoms with Crippen LogP contribution in [0.3, 0.4) is 0 Å². The van der Waals surface area contributed by atoms with Gasteiger partial charge >= 0.3 is 5.97 Å². The van der Waals surface area contributed by atoms with Crippen LogP contribution in [-0.4, -0.2) is 42.4 Å². The number of fused-ring (bicyclic) bond motifs is 1. The van der Waals surface area contributed by atoms with Crippen molar-refractivity contribution in [2.75, 3.05) is 19.8 Å². The summed E-state index contributed by atoms with van der Waals surface area (Å²) in [6, 6.07) is 14.0. The van der Waals surface area contributed by atoms with Gasteiger partial charge in [0.1, 0.15) is 5.75 Å². The van der Waals surface area contributed by atoms with Crippen molar-refractivity contribution in [1.29, 1.82) is 0 Å². The highest BCUT2D eigenvalue weighted by atomic mass is 16.6. The molecule has 2 amide bonds. The molecule has 2 aromatic rings. The fraction of sp³-hybridized carbons (Fsp3) is 0.250. The Morgan fingerprint density at radius 1 is 0.962 bits per heavy atom. The van der Waals surface area contributed by atoms with Crippen LogP contribution in [-0.2, 0) is 16.0 Å². The minimum absolute atomic E-state index is 0.137. The Morgan fingerprint density at radius 2 is 1.58 bits per heavy atom. The number of nitrogens with zero attached hydrogens (tertiary/aromatic N) is 1. The third-order valence-electron chi connectivity index (χ3n) is 4.09. The second-order valence-electron chi connectivity index (χ2n) is 5.80. The SMILES string of the molecule is CCOC(=O)COc1ccc(CCN2C(=O)c3ccccc3C2=O)cc1. The molecular formula is C20H19NO5. The largest absolute Gasteiger partial charge is 0.482 e. The van der Waals surface area contributed by atoms with Gasteiger partial charge in [-0.2, -0.15) is 0 Å². The van der Waals surface area contributed by atoms with Crippen molar-refractivity contribution in [3.63, 3.8) is 0 Å². The van der Waals surface area contributed by atoms with Crippen LogP contribution in [0.25, 0.3) is 0 Å². The van der Waals surface area contributed by atoms with Gasteiger partial charge in [-0.15, -0.1) is 0 Å². The fourth-order valence-electron chi connectivity index (χ4n) is 2.78. The van der Waals surface area contributed by atoms with Gasteiger partial charge in [0.05, 0.1) is 17.7 Å². The Balaban J connectivity index is 1.55. The molecule has 0 saturated heterocycles. The Morgan fingerprint density at radius 3 is 2.15 bits per heavy atom. The maximum absolute atomic E-state index is 12.3. The van der Waals surface area contributed by atoms with E-state index >= 15 is 0 Å². The monoisotopic (exact) mass is 353 g/mol. The van der Waals surface area contributed by atoms with E-state index in [9.17, 15) is 14.4 Å². The highest BCUT2D eigenvalue weighted by Crippen LogP contribution is 2.23. The van der Waals surface area contributed by atoms with Crippen LogP contribution >= 0.6 is 0 Å². The van der Waals surface area contributed by atoms with Gasteiger partial charge in [-0.05, 0) is 43.2 Å². The molecule has 0 atom stereocenters. The van der Waals surface area contributed by atoms with E-state index in [0.717, 1.165) is 5.56 Å². The van der Waals surface area contributed by atoms with Crippen LogP contribution in [0.2, 0.25) is 0 Å². The van der Waals surface area contributed by atoms with E-state index in [-0.39, 0.29) is 18.4 Å². The molecule has 1 aliphatic heterocycles. The summed E-state index contributed by atoms with van der Waals surface area (Å²) in [5.41, 5.74) is 1.88. The van der Waals surface area contributed by atoms with E-state index in [0.29, 0.717) is 36.4 Å². The van der Waals surface area contributed by atoms with Gasteiger partial charge in [0.25, 0.3) is 11.8 Å². The maximum Gasteiger partial charge on any atom is 0.344 e. The first-order valence-corrected chi connectivity index (χ1v) is 8.42. The topological polar surface area (TPSA) is 72.9 Å². The molecule has 1 heterocycles. The second kappa shape index (κ2) is 7.82. The molecule has 2 aromatic carbocycles. The molecule has 1 aliphatic rings. The van der Waals surface area contributed by atoms with Crippen LogP contribution in [0, 0.1) is 0 Å². The molecule has 0 unspecified atom stereocenters. The summed E-state index contributed by atoms with van der Waals surface area (Å²) in [5.74, 6) is -0.357. The van der Waals surface area contributed by atoms with E-state index in [2.05, 4.69) is 0 Å². The first-order valence-electron chi connectivity index (χ1n) is 8.42. The summed E-state index contributed by atoms with van der Waals surface area (Å²) < 4.78 is 10.1. The maximum atomic E-state index is 12.3. The lowest BCUT2D eigenvalue weighted by molar-refractivity contribution is -0.145. The summed E-state index contributed by atoms with van der Waals surface area (Å²) in [7, 11) is 0. The number of hydrogen-bond acceptors (Lipinski definition) is 5. The predicted octanol–water partition coefficient (Wildman–Crippen LogP) is 2.47. The molecule has 0 radical (unpaired) electrons. The molecule has 0 aliphatic carbocycles. The number of ether oxygens (including phenoxy) is 2. The minimum Gasteiger partial charge on any atom is -0.482 e. The molecule has 0 spiro atoms.